The van der Waals surface area contributed by atoms with Crippen molar-refractivity contribution in [2.75, 3.05) is 13.2 Å². The zero-order valence-corrected chi connectivity index (χ0v) is 12.7. The van der Waals surface area contributed by atoms with Crippen molar-refractivity contribution in [3.63, 3.8) is 0 Å². The molecular formula is C15H22N2O4. The van der Waals surface area contributed by atoms with E-state index >= 15 is 0 Å². The fourth-order valence-corrected chi connectivity index (χ4v) is 2.03. The number of nitrogens with one attached hydrogen (secondary N) is 1. The molecule has 6 nitrogen and oxygen atoms in total. The van der Waals surface area contributed by atoms with Crippen LogP contribution < -0.4 is 5.32 Å². The number of hydrogen-bond acceptors (Lipinski definition) is 4. The molecule has 0 radical (unpaired) electrons. The van der Waals surface area contributed by atoms with Gasteiger partial charge in [0.15, 0.2) is 0 Å². The van der Waals surface area contributed by atoms with Crippen LogP contribution in [0.4, 0.5) is 5.69 Å². The topological polar surface area (TPSA) is 92.5 Å². The average molecular weight is 294 g/mol. The Kier molecular flexibility index (Phi) is 5.84. The van der Waals surface area contributed by atoms with Gasteiger partial charge in [-0.3, -0.25) is 14.9 Å². The van der Waals surface area contributed by atoms with Crippen LogP contribution in [-0.2, 0) is 0 Å². The lowest BCUT2D eigenvalue weighted by Crippen LogP contribution is -2.34. The standard InChI is InChI=1S/C15H22N2O4/c1-11-5-6-12(17(20)21)9-13(11)14(19)16-10-15(2,3)7-4-8-18/h5-6,9,18H,4,7-8,10H2,1-3H3,(H,16,19). The first-order valence-electron chi connectivity index (χ1n) is 6.91. The van der Waals surface area contributed by atoms with Crippen LogP contribution in [-0.4, -0.2) is 29.1 Å². The van der Waals surface area contributed by atoms with E-state index in [1.807, 2.05) is 13.8 Å². The average Bonchev–Trinajstić information content (AvgIpc) is 2.43. The molecule has 6 heteroatoms. The fraction of sp³-hybridized carbons (Fsp3) is 0.533. The molecule has 2 N–H and O–H groups in total. The van der Waals surface area contributed by atoms with Crippen LogP contribution in [0, 0.1) is 22.5 Å². The molecule has 0 saturated carbocycles. The van der Waals surface area contributed by atoms with Crippen molar-refractivity contribution in [2.24, 2.45) is 5.41 Å². The molecule has 0 saturated heterocycles. The third kappa shape index (κ3) is 5.15. The number of benzene rings is 1. The minimum absolute atomic E-state index is 0.0923. The maximum Gasteiger partial charge on any atom is 0.270 e. The highest BCUT2D eigenvalue weighted by atomic mass is 16.6. The number of carbonyl (C=O) groups excluding carboxylic acids is 1. The molecule has 0 aliphatic rings. The predicted octanol–water partition coefficient (Wildman–Crippen LogP) is 2.43. The van der Waals surface area contributed by atoms with Crippen LogP contribution in [0.3, 0.4) is 0 Å². The van der Waals surface area contributed by atoms with E-state index in [-0.39, 0.29) is 23.6 Å². The maximum absolute atomic E-state index is 12.2. The van der Waals surface area contributed by atoms with Crippen LogP contribution >= 0.6 is 0 Å². The van der Waals surface area contributed by atoms with Gasteiger partial charge in [-0.15, -0.1) is 0 Å². The summed E-state index contributed by atoms with van der Waals surface area (Å²) in [7, 11) is 0. The van der Waals surface area contributed by atoms with E-state index in [0.717, 1.165) is 6.42 Å². The third-order valence-electron chi connectivity index (χ3n) is 3.42. The molecule has 0 unspecified atom stereocenters. The van der Waals surface area contributed by atoms with E-state index in [9.17, 15) is 14.9 Å². The van der Waals surface area contributed by atoms with Gasteiger partial charge in [-0.05, 0) is 30.7 Å². The summed E-state index contributed by atoms with van der Waals surface area (Å²) in [6, 6.07) is 4.26. The number of nitro benzene ring substituents is 1. The van der Waals surface area contributed by atoms with Crippen molar-refractivity contribution < 1.29 is 14.8 Å². The third-order valence-corrected chi connectivity index (χ3v) is 3.42. The monoisotopic (exact) mass is 294 g/mol. The van der Waals surface area contributed by atoms with E-state index < -0.39 is 4.92 Å². The first-order valence-corrected chi connectivity index (χ1v) is 6.91. The van der Waals surface area contributed by atoms with Crippen LogP contribution in [0.5, 0.6) is 0 Å². The first kappa shape index (κ1) is 17.1. The Morgan fingerprint density at radius 2 is 2.10 bits per heavy atom. The van der Waals surface area contributed by atoms with E-state index in [0.29, 0.717) is 24.1 Å². The quantitative estimate of drug-likeness (QED) is 0.596. The van der Waals surface area contributed by atoms with Gasteiger partial charge >= 0.3 is 0 Å². The number of amides is 1. The van der Waals surface area contributed by atoms with Crippen LogP contribution in [0.2, 0.25) is 0 Å². The van der Waals surface area contributed by atoms with Gasteiger partial charge in [-0.1, -0.05) is 19.9 Å². The zero-order valence-electron chi connectivity index (χ0n) is 12.7. The normalized spacial score (nSPS) is 11.2. The second-order valence-corrected chi connectivity index (χ2v) is 5.93. The summed E-state index contributed by atoms with van der Waals surface area (Å²) < 4.78 is 0. The summed E-state index contributed by atoms with van der Waals surface area (Å²) in [5.74, 6) is -0.312. The van der Waals surface area contributed by atoms with E-state index in [2.05, 4.69) is 5.32 Å². The lowest BCUT2D eigenvalue weighted by molar-refractivity contribution is -0.384. The van der Waals surface area contributed by atoms with Crippen molar-refractivity contribution in [3.05, 3.63) is 39.4 Å². The highest BCUT2D eigenvalue weighted by molar-refractivity contribution is 5.96. The van der Waals surface area contributed by atoms with E-state index in [1.54, 1.807) is 13.0 Å². The highest BCUT2D eigenvalue weighted by Crippen LogP contribution is 2.22. The van der Waals surface area contributed by atoms with Gasteiger partial charge in [0.05, 0.1) is 4.92 Å². The molecule has 0 aliphatic heterocycles. The minimum Gasteiger partial charge on any atom is -0.396 e. The molecule has 0 spiro atoms. The van der Waals surface area contributed by atoms with E-state index in [4.69, 9.17) is 5.11 Å². The molecule has 1 rings (SSSR count). The molecule has 1 amide bonds. The van der Waals surface area contributed by atoms with Crippen molar-refractivity contribution in [2.45, 2.75) is 33.6 Å². The van der Waals surface area contributed by atoms with Gasteiger partial charge in [0, 0.05) is 30.8 Å². The molecule has 0 atom stereocenters. The smallest absolute Gasteiger partial charge is 0.270 e. The number of nitro groups is 1. The summed E-state index contributed by atoms with van der Waals surface area (Å²) in [6.07, 6.45) is 1.47. The summed E-state index contributed by atoms with van der Waals surface area (Å²) in [6.45, 7) is 6.33. The first-order chi connectivity index (χ1) is 9.76. The summed E-state index contributed by atoms with van der Waals surface area (Å²) in [5, 5.41) is 22.4. The molecule has 0 bridgehead atoms. The molecule has 0 fully saturated rings. The molecule has 1 aromatic carbocycles. The molecule has 0 aliphatic carbocycles. The highest BCUT2D eigenvalue weighted by Gasteiger charge is 2.20. The Morgan fingerprint density at radius 1 is 1.43 bits per heavy atom. The van der Waals surface area contributed by atoms with Gasteiger partial charge in [0.25, 0.3) is 11.6 Å². The summed E-state index contributed by atoms with van der Waals surface area (Å²) in [4.78, 5) is 22.4. The molecule has 21 heavy (non-hydrogen) atoms. The zero-order chi connectivity index (χ0) is 16.0. The fourth-order valence-electron chi connectivity index (χ4n) is 2.03. The predicted molar refractivity (Wildman–Crippen MR) is 80.3 cm³/mol. The second kappa shape index (κ2) is 7.17. The van der Waals surface area contributed by atoms with Gasteiger partial charge in [0.2, 0.25) is 0 Å². The maximum atomic E-state index is 12.2. The molecular weight excluding hydrogens is 272 g/mol. The SMILES string of the molecule is Cc1ccc([N+](=O)[O-])cc1C(=O)NCC(C)(C)CCCO. The number of hydrogen-bond donors (Lipinski definition) is 2. The number of aliphatic hydroxyl groups is 1. The van der Waals surface area contributed by atoms with Gasteiger partial charge in [0.1, 0.15) is 0 Å². The Labute approximate surface area is 124 Å². The molecule has 116 valence electrons. The number of nitrogens with zero attached hydrogens (tertiary/aromatic N) is 1. The van der Waals surface area contributed by atoms with E-state index in [1.165, 1.54) is 12.1 Å². The molecule has 1 aromatic rings. The lowest BCUT2D eigenvalue weighted by atomic mass is 9.88. The number of carbonyl (C=O) groups is 1. The van der Waals surface area contributed by atoms with Crippen molar-refractivity contribution in [1.29, 1.82) is 0 Å². The Bertz CT molecular complexity index is 526. The Balaban J connectivity index is 2.76. The summed E-state index contributed by atoms with van der Waals surface area (Å²) >= 11 is 0. The van der Waals surface area contributed by atoms with Crippen molar-refractivity contribution in [1.82, 2.24) is 5.32 Å². The number of aryl methyl sites for hydroxylation is 1. The minimum atomic E-state index is -0.512. The van der Waals surface area contributed by atoms with Gasteiger partial charge < -0.3 is 10.4 Å². The number of aliphatic hydroxyl groups excluding tert-OH is 1. The Morgan fingerprint density at radius 3 is 2.67 bits per heavy atom. The van der Waals surface area contributed by atoms with Crippen LogP contribution in [0.15, 0.2) is 18.2 Å². The largest absolute Gasteiger partial charge is 0.396 e. The molecule has 0 aromatic heterocycles. The van der Waals surface area contributed by atoms with Gasteiger partial charge in [-0.25, -0.2) is 0 Å². The van der Waals surface area contributed by atoms with Crippen LogP contribution in [0.25, 0.3) is 0 Å². The Hall–Kier alpha value is -1.95. The number of rotatable bonds is 7. The lowest BCUT2D eigenvalue weighted by Gasteiger charge is -2.24. The van der Waals surface area contributed by atoms with Crippen molar-refractivity contribution in [3.8, 4) is 0 Å². The molecule has 0 heterocycles. The number of non-ortho nitro benzene ring substituents is 1. The second-order valence-electron chi connectivity index (χ2n) is 5.93. The van der Waals surface area contributed by atoms with Gasteiger partial charge in [-0.2, -0.15) is 0 Å². The van der Waals surface area contributed by atoms with Crippen molar-refractivity contribution >= 4 is 11.6 Å². The van der Waals surface area contributed by atoms with Crippen LogP contribution in [0.1, 0.15) is 42.6 Å². The summed E-state index contributed by atoms with van der Waals surface area (Å²) in [5.41, 5.74) is 0.797.